The first-order chi connectivity index (χ1) is 27.8. The molecule has 0 unspecified atom stereocenters. The Morgan fingerprint density at radius 3 is 1.48 bits per heavy atom. The van der Waals surface area contributed by atoms with Gasteiger partial charge < -0.3 is 4.42 Å². The molecule has 1 spiro atoms. The van der Waals surface area contributed by atoms with E-state index in [0.717, 1.165) is 50.0 Å². The summed E-state index contributed by atoms with van der Waals surface area (Å²) in [5, 5.41) is 2.21. The molecule has 8 aromatic carbocycles. The third-order valence-corrected chi connectivity index (χ3v) is 11.9. The average molecular weight is 713 g/mol. The van der Waals surface area contributed by atoms with Crippen molar-refractivity contribution in [1.82, 2.24) is 9.97 Å². The second-order valence-electron chi connectivity index (χ2n) is 14.8. The van der Waals surface area contributed by atoms with Crippen LogP contribution in [0, 0.1) is 0 Å². The molecule has 56 heavy (non-hydrogen) atoms. The van der Waals surface area contributed by atoms with Crippen LogP contribution in [0.15, 0.2) is 199 Å². The molecule has 2 aliphatic carbocycles. The molecule has 0 radical (unpaired) electrons. The van der Waals surface area contributed by atoms with Gasteiger partial charge in [-0.25, -0.2) is 9.97 Å². The van der Waals surface area contributed by atoms with Crippen LogP contribution in [0.1, 0.15) is 22.3 Å². The molecule has 0 bridgehead atoms. The number of fused-ring (bicyclic) bond motifs is 15. The summed E-state index contributed by atoms with van der Waals surface area (Å²) in [5.41, 5.74) is 18.5. The van der Waals surface area contributed by atoms with E-state index in [1.807, 2.05) is 30.3 Å². The number of aromatic nitrogens is 2. The molecule has 0 aliphatic heterocycles. The largest absolute Gasteiger partial charge is 0.456 e. The van der Waals surface area contributed by atoms with Crippen LogP contribution < -0.4 is 0 Å². The molecule has 3 nitrogen and oxygen atoms in total. The van der Waals surface area contributed by atoms with Crippen LogP contribution in [-0.4, -0.2) is 9.97 Å². The lowest BCUT2D eigenvalue weighted by molar-refractivity contribution is 0.669. The van der Waals surface area contributed by atoms with E-state index in [9.17, 15) is 0 Å². The molecule has 0 saturated heterocycles. The number of hydrogen-bond acceptors (Lipinski definition) is 3. The number of furan rings is 1. The summed E-state index contributed by atoms with van der Waals surface area (Å²) >= 11 is 0. The van der Waals surface area contributed by atoms with E-state index >= 15 is 0 Å². The van der Waals surface area contributed by atoms with E-state index in [0.29, 0.717) is 5.82 Å². The van der Waals surface area contributed by atoms with Gasteiger partial charge in [0.25, 0.3) is 0 Å². The summed E-state index contributed by atoms with van der Waals surface area (Å²) in [6.45, 7) is 0. The summed E-state index contributed by atoms with van der Waals surface area (Å²) < 4.78 is 6.33. The van der Waals surface area contributed by atoms with Gasteiger partial charge in [0.05, 0.1) is 16.8 Å². The summed E-state index contributed by atoms with van der Waals surface area (Å²) in [6.07, 6.45) is 0. The zero-order chi connectivity index (χ0) is 36.8. The van der Waals surface area contributed by atoms with Gasteiger partial charge in [0.2, 0.25) is 0 Å². The first kappa shape index (κ1) is 31.0. The number of para-hydroxylation sites is 1. The monoisotopic (exact) mass is 712 g/mol. The van der Waals surface area contributed by atoms with Crippen LogP contribution in [0.3, 0.4) is 0 Å². The Morgan fingerprint density at radius 2 is 0.804 bits per heavy atom. The Labute approximate surface area is 324 Å². The molecular formula is C53H32N2O. The lowest BCUT2D eigenvalue weighted by Gasteiger charge is -2.35. The van der Waals surface area contributed by atoms with Crippen LogP contribution in [0.5, 0.6) is 0 Å². The van der Waals surface area contributed by atoms with E-state index in [4.69, 9.17) is 14.4 Å². The van der Waals surface area contributed by atoms with Gasteiger partial charge >= 0.3 is 0 Å². The van der Waals surface area contributed by atoms with Gasteiger partial charge in [0, 0.05) is 27.5 Å². The zero-order valence-corrected chi connectivity index (χ0v) is 30.3. The quantitative estimate of drug-likeness (QED) is 0.183. The summed E-state index contributed by atoms with van der Waals surface area (Å²) in [7, 11) is 0. The molecule has 2 aliphatic rings. The number of rotatable bonds is 3. The van der Waals surface area contributed by atoms with Gasteiger partial charge in [-0.15, -0.1) is 0 Å². The van der Waals surface area contributed by atoms with Gasteiger partial charge in [-0.1, -0.05) is 164 Å². The van der Waals surface area contributed by atoms with Crippen molar-refractivity contribution in [3.63, 3.8) is 0 Å². The SMILES string of the molecule is c1ccc(-c2nc(-c3ccc4c(c3)-c3ccccc3-c3ccccc3C43c4ccccc4-c4ccccc43)cc(-c3ccc4c(c3)oc3ccccc34)n2)cc1. The van der Waals surface area contributed by atoms with Crippen molar-refractivity contribution in [1.29, 1.82) is 0 Å². The highest BCUT2D eigenvalue weighted by Crippen LogP contribution is 2.61. The highest BCUT2D eigenvalue weighted by molar-refractivity contribution is 6.06. The second kappa shape index (κ2) is 11.8. The Balaban J connectivity index is 1.13. The van der Waals surface area contributed by atoms with Crippen LogP contribution in [-0.2, 0) is 5.41 Å². The fourth-order valence-corrected chi connectivity index (χ4v) is 9.56. The number of hydrogen-bond donors (Lipinski definition) is 0. The molecule has 10 aromatic rings. The highest BCUT2D eigenvalue weighted by Gasteiger charge is 2.49. The van der Waals surface area contributed by atoms with Gasteiger partial charge in [0.1, 0.15) is 11.2 Å². The van der Waals surface area contributed by atoms with Crippen molar-refractivity contribution in [3.8, 4) is 67.3 Å². The van der Waals surface area contributed by atoms with Crippen molar-refractivity contribution in [2.75, 3.05) is 0 Å². The molecule has 260 valence electrons. The van der Waals surface area contributed by atoms with E-state index in [1.165, 1.54) is 55.6 Å². The van der Waals surface area contributed by atoms with Crippen molar-refractivity contribution >= 4 is 21.9 Å². The Morgan fingerprint density at radius 1 is 0.321 bits per heavy atom. The third-order valence-electron chi connectivity index (χ3n) is 11.9. The highest BCUT2D eigenvalue weighted by atomic mass is 16.3. The summed E-state index contributed by atoms with van der Waals surface area (Å²) in [4.78, 5) is 10.5. The molecule has 2 aromatic heterocycles. The van der Waals surface area contributed by atoms with Gasteiger partial charge in [-0.05, 0) is 86.0 Å². The predicted octanol–water partition coefficient (Wildman–Crippen LogP) is 13.4. The van der Waals surface area contributed by atoms with Crippen LogP contribution in [0.4, 0.5) is 0 Å². The molecular weight excluding hydrogens is 681 g/mol. The zero-order valence-electron chi connectivity index (χ0n) is 30.3. The molecule has 0 atom stereocenters. The molecule has 0 fully saturated rings. The molecule has 3 heteroatoms. The average Bonchev–Trinajstić information content (AvgIpc) is 3.76. The smallest absolute Gasteiger partial charge is 0.160 e. The number of benzene rings is 8. The minimum Gasteiger partial charge on any atom is -0.456 e. The fraction of sp³-hybridized carbons (Fsp3) is 0.0189. The predicted molar refractivity (Wildman–Crippen MR) is 227 cm³/mol. The second-order valence-corrected chi connectivity index (χ2v) is 14.8. The minimum atomic E-state index is -0.523. The molecule has 0 saturated carbocycles. The van der Waals surface area contributed by atoms with Gasteiger partial charge in [-0.3, -0.25) is 0 Å². The Bertz CT molecular complexity index is 3170. The Kier molecular flexibility index (Phi) is 6.55. The minimum absolute atomic E-state index is 0.523. The van der Waals surface area contributed by atoms with Crippen LogP contribution in [0.25, 0.3) is 89.2 Å². The van der Waals surface area contributed by atoms with Gasteiger partial charge in [-0.2, -0.15) is 0 Å². The molecule has 2 heterocycles. The van der Waals surface area contributed by atoms with Gasteiger partial charge in [0.15, 0.2) is 5.82 Å². The van der Waals surface area contributed by atoms with Crippen LogP contribution in [0.2, 0.25) is 0 Å². The lowest BCUT2D eigenvalue weighted by Crippen LogP contribution is -2.29. The first-order valence-electron chi connectivity index (χ1n) is 19.2. The third kappa shape index (κ3) is 4.34. The summed E-state index contributed by atoms with van der Waals surface area (Å²) in [5.74, 6) is 0.681. The van der Waals surface area contributed by atoms with Crippen molar-refractivity contribution in [2.24, 2.45) is 0 Å². The maximum Gasteiger partial charge on any atom is 0.160 e. The summed E-state index contributed by atoms with van der Waals surface area (Å²) in [6, 6.07) is 69.9. The van der Waals surface area contributed by atoms with E-state index < -0.39 is 5.41 Å². The number of nitrogens with zero attached hydrogens (tertiary/aromatic N) is 2. The molecule has 0 N–H and O–H groups in total. The van der Waals surface area contributed by atoms with E-state index in [2.05, 4.69) is 164 Å². The van der Waals surface area contributed by atoms with E-state index in [1.54, 1.807) is 0 Å². The molecule has 0 amide bonds. The maximum atomic E-state index is 6.33. The van der Waals surface area contributed by atoms with Crippen LogP contribution >= 0.6 is 0 Å². The Hall–Kier alpha value is -7.36. The topological polar surface area (TPSA) is 38.9 Å². The first-order valence-corrected chi connectivity index (χ1v) is 19.2. The lowest BCUT2D eigenvalue weighted by atomic mass is 9.66. The molecule has 12 rings (SSSR count). The van der Waals surface area contributed by atoms with Crippen molar-refractivity contribution in [2.45, 2.75) is 5.41 Å². The van der Waals surface area contributed by atoms with Crippen molar-refractivity contribution in [3.05, 3.63) is 216 Å². The van der Waals surface area contributed by atoms with Crippen molar-refractivity contribution < 1.29 is 4.42 Å². The fourth-order valence-electron chi connectivity index (χ4n) is 9.56. The standard InChI is InChI=1S/C53H32N2O/c1-2-14-33(15-3-1)52-54-48(32-49(55-52)35-26-28-42-41-21-9-13-25-50(41)56-51(42)31-35)34-27-29-47-43(30-34)37-17-5-4-16-36(37)38-18-6-10-22-44(38)53(47)45-23-11-7-19-39(45)40-20-8-12-24-46(40)53/h1-32H. The maximum absolute atomic E-state index is 6.33. The normalized spacial score (nSPS) is 13.1. The van der Waals surface area contributed by atoms with E-state index in [-0.39, 0.29) is 0 Å².